The molecule has 1 heterocycles. The Hall–Kier alpha value is -4.27. The third-order valence-corrected chi connectivity index (χ3v) is 6.55. The quantitative estimate of drug-likeness (QED) is 0.482. The van der Waals surface area contributed by atoms with Gasteiger partial charge < -0.3 is 20.5 Å². The summed E-state index contributed by atoms with van der Waals surface area (Å²) in [4.78, 5) is 43.4. The Morgan fingerprint density at radius 3 is 2.14 bits per heavy atom. The minimum atomic E-state index is -1.11. The van der Waals surface area contributed by atoms with Crippen LogP contribution in [0.2, 0.25) is 0 Å². The minimum Gasteiger partial charge on any atom is -0.478 e. The summed E-state index contributed by atoms with van der Waals surface area (Å²) >= 11 is 0. The summed E-state index contributed by atoms with van der Waals surface area (Å²) in [5.41, 5.74) is 4.65. The Kier molecular flexibility index (Phi) is 6.13. The molecule has 0 spiro atoms. The second-order valence-corrected chi connectivity index (χ2v) is 8.75. The molecule has 9 nitrogen and oxygen atoms in total. The van der Waals surface area contributed by atoms with Crippen molar-refractivity contribution >= 4 is 18.0 Å². The topological polar surface area (TPSA) is 131 Å². The van der Waals surface area contributed by atoms with E-state index >= 15 is 0 Å². The Bertz CT molecular complexity index is 1230. The van der Waals surface area contributed by atoms with Crippen LogP contribution in [0.3, 0.4) is 0 Å². The summed E-state index contributed by atoms with van der Waals surface area (Å²) in [6, 6.07) is 16.2. The molecule has 35 heavy (non-hydrogen) atoms. The summed E-state index contributed by atoms with van der Waals surface area (Å²) in [5, 5.41) is 14.5. The molecule has 0 aliphatic heterocycles. The number of nitrogens with one attached hydrogen (secondary N) is 2. The van der Waals surface area contributed by atoms with Crippen molar-refractivity contribution in [2.75, 3.05) is 6.61 Å². The smallest absolute Gasteiger partial charge is 0.407 e. The standard InChI is InChI=1S/C26H24N4O5/c31-24(29-13-23-27-11-16(12-28-23)25(32)33)15-9-17(10-15)30-26(34)35-14-22-20-7-3-1-5-18(20)19-6-2-4-8-21(19)22/h1-8,11-12,15,17,22H,9-10,13-14H2,(H,29,31)(H,30,34)(H,32,33). The summed E-state index contributed by atoms with van der Waals surface area (Å²) in [6.45, 7) is 0.358. The largest absolute Gasteiger partial charge is 0.478 e. The lowest BCUT2D eigenvalue weighted by Gasteiger charge is -2.34. The summed E-state index contributed by atoms with van der Waals surface area (Å²) in [7, 11) is 0. The highest BCUT2D eigenvalue weighted by Crippen LogP contribution is 2.44. The van der Waals surface area contributed by atoms with Crippen molar-refractivity contribution in [1.82, 2.24) is 20.6 Å². The summed E-state index contributed by atoms with van der Waals surface area (Å²) in [5.74, 6) is -1.14. The molecule has 0 unspecified atom stereocenters. The van der Waals surface area contributed by atoms with Crippen LogP contribution < -0.4 is 10.6 Å². The van der Waals surface area contributed by atoms with E-state index in [1.807, 2.05) is 24.3 Å². The molecule has 178 valence electrons. The lowest BCUT2D eigenvalue weighted by Crippen LogP contribution is -2.49. The summed E-state index contributed by atoms with van der Waals surface area (Å²) in [6.07, 6.45) is 2.97. The number of alkyl carbamates (subject to hydrolysis) is 1. The first kappa shape index (κ1) is 22.5. The average molecular weight is 473 g/mol. The first-order valence-corrected chi connectivity index (χ1v) is 11.4. The van der Waals surface area contributed by atoms with E-state index in [1.165, 1.54) is 23.5 Å². The van der Waals surface area contributed by atoms with Gasteiger partial charge in [0, 0.05) is 30.3 Å². The lowest BCUT2D eigenvalue weighted by atomic mass is 9.79. The molecule has 3 N–H and O–H groups in total. The molecule has 2 amide bonds. The second kappa shape index (κ2) is 9.54. The van der Waals surface area contributed by atoms with E-state index < -0.39 is 12.1 Å². The molecular formula is C26H24N4O5. The van der Waals surface area contributed by atoms with Gasteiger partial charge in [0.15, 0.2) is 0 Å². The molecule has 0 radical (unpaired) electrons. The molecule has 0 atom stereocenters. The first-order chi connectivity index (χ1) is 17.0. The molecule has 5 rings (SSSR count). The van der Waals surface area contributed by atoms with E-state index in [0.29, 0.717) is 18.7 Å². The van der Waals surface area contributed by atoms with E-state index in [0.717, 1.165) is 11.1 Å². The highest BCUT2D eigenvalue weighted by atomic mass is 16.5. The van der Waals surface area contributed by atoms with Gasteiger partial charge in [-0.15, -0.1) is 0 Å². The third kappa shape index (κ3) is 4.70. The normalized spacial score (nSPS) is 18.1. The zero-order valence-corrected chi connectivity index (χ0v) is 18.8. The molecule has 2 aromatic carbocycles. The van der Waals surface area contributed by atoms with Gasteiger partial charge in [-0.2, -0.15) is 0 Å². The van der Waals surface area contributed by atoms with E-state index in [2.05, 4.69) is 44.9 Å². The Balaban J connectivity index is 1.06. The molecule has 9 heteroatoms. The fourth-order valence-corrected chi connectivity index (χ4v) is 4.62. The number of hydrogen-bond acceptors (Lipinski definition) is 6. The van der Waals surface area contributed by atoms with Crippen molar-refractivity contribution in [1.29, 1.82) is 0 Å². The highest BCUT2D eigenvalue weighted by molar-refractivity contribution is 5.86. The number of ether oxygens (including phenoxy) is 1. The van der Waals surface area contributed by atoms with Crippen LogP contribution in [0.4, 0.5) is 4.79 Å². The van der Waals surface area contributed by atoms with Gasteiger partial charge in [0.2, 0.25) is 5.91 Å². The number of carboxylic acid groups (broad SMARTS) is 1. The van der Waals surface area contributed by atoms with Gasteiger partial charge in [0.05, 0.1) is 12.1 Å². The van der Waals surface area contributed by atoms with Crippen LogP contribution in [0.1, 0.15) is 46.1 Å². The SMILES string of the molecule is O=C(NC1CC(C(=O)NCc2ncc(C(=O)O)cn2)C1)OCC1c2ccccc2-c2ccccc21. The van der Waals surface area contributed by atoms with Crippen molar-refractivity contribution in [2.45, 2.75) is 31.3 Å². The number of nitrogens with zero attached hydrogens (tertiary/aromatic N) is 2. The van der Waals surface area contributed by atoms with Crippen LogP contribution in [0.25, 0.3) is 11.1 Å². The first-order valence-electron chi connectivity index (χ1n) is 11.4. The molecule has 0 bridgehead atoms. The van der Waals surface area contributed by atoms with Crippen LogP contribution in [-0.2, 0) is 16.1 Å². The van der Waals surface area contributed by atoms with E-state index in [9.17, 15) is 14.4 Å². The number of carboxylic acids is 1. The van der Waals surface area contributed by atoms with Crippen molar-refractivity contribution in [3.8, 4) is 11.1 Å². The Labute approximate surface area is 201 Å². The number of carbonyl (C=O) groups is 3. The monoisotopic (exact) mass is 472 g/mol. The van der Waals surface area contributed by atoms with Crippen molar-refractivity contribution in [3.63, 3.8) is 0 Å². The second-order valence-electron chi connectivity index (χ2n) is 8.75. The van der Waals surface area contributed by atoms with Gasteiger partial charge in [0.25, 0.3) is 0 Å². The number of amides is 2. The van der Waals surface area contributed by atoms with Gasteiger partial charge in [0.1, 0.15) is 12.4 Å². The van der Waals surface area contributed by atoms with Crippen LogP contribution in [0.5, 0.6) is 0 Å². The molecule has 2 aliphatic rings. The van der Waals surface area contributed by atoms with Crippen LogP contribution in [0, 0.1) is 5.92 Å². The van der Waals surface area contributed by atoms with E-state index in [4.69, 9.17) is 9.84 Å². The number of fused-ring (bicyclic) bond motifs is 3. The number of carbonyl (C=O) groups excluding carboxylic acids is 2. The maximum absolute atomic E-state index is 12.4. The predicted molar refractivity (Wildman–Crippen MR) is 126 cm³/mol. The molecule has 1 fully saturated rings. The molecular weight excluding hydrogens is 448 g/mol. The number of rotatable bonds is 7. The Morgan fingerprint density at radius 2 is 1.54 bits per heavy atom. The molecule has 2 aliphatic carbocycles. The third-order valence-electron chi connectivity index (χ3n) is 6.55. The summed E-state index contributed by atoms with van der Waals surface area (Å²) < 4.78 is 5.56. The lowest BCUT2D eigenvalue weighted by molar-refractivity contribution is -0.128. The number of aromatic carboxylic acids is 1. The van der Waals surface area contributed by atoms with Gasteiger partial charge in [-0.05, 0) is 35.1 Å². The highest BCUT2D eigenvalue weighted by Gasteiger charge is 2.36. The molecule has 0 saturated heterocycles. The van der Waals surface area contributed by atoms with Crippen molar-refractivity contribution in [3.05, 3.63) is 83.4 Å². The number of hydrogen-bond donors (Lipinski definition) is 3. The number of benzene rings is 2. The average Bonchev–Trinajstić information content (AvgIpc) is 3.17. The van der Waals surface area contributed by atoms with Gasteiger partial charge in [-0.1, -0.05) is 48.5 Å². The van der Waals surface area contributed by atoms with Gasteiger partial charge >= 0.3 is 12.1 Å². The van der Waals surface area contributed by atoms with Crippen molar-refractivity contribution in [2.24, 2.45) is 5.92 Å². The van der Waals surface area contributed by atoms with Gasteiger partial charge in [-0.25, -0.2) is 19.6 Å². The molecule has 1 aromatic heterocycles. The van der Waals surface area contributed by atoms with Gasteiger partial charge in [-0.3, -0.25) is 4.79 Å². The minimum absolute atomic E-state index is 0.000139. The zero-order valence-electron chi connectivity index (χ0n) is 18.8. The number of aromatic nitrogens is 2. The maximum atomic E-state index is 12.4. The van der Waals surface area contributed by atoms with E-state index in [-0.39, 0.29) is 42.5 Å². The fourth-order valence-electron chi connectivity index (χ4n) is 4.62. The fraction of sp³-hybridized carbons (Fsp3) is 0.269. The van der Waals surface area contributed by atoms with Crippen molar-refractivity contribution < 1.29 is 24.2 Å². The van der Waals surface area contributed by atoms with E-state index in [1.54, 1.807) is 0 Å². The maximum Gasteiger partial charge on any atom is 0.407 e. The van der Waals surface area contributed by atoms with Crippen LogP contribution in [0.15, 0.2) is 60.9 Å². The molecule has 3 aromatic rings. The molecule has 1 saturated carbocycles. The Morgan fingerprint density at radius 1 is 0.943 bits per heavy atom. The predicted octanol–water partition coefficient (Wildman–Crippen LogP) is 3.11. The van der Waals surface area contributed by atoms with Crippen LogP contribution in [-0.4, -0.2) is 45.7 Å². The zero-order chi connectivity index (χ0) is 24.4. The van der Waals surface area contributed by atoms with Crippen LogP contribution >= 0.6 is 0 Å².